The van der Waals surface area contributed by atoms with Crippen LogP contribution in [0.2, 0.25) is 5.28 Å². The van der Waals surface area contributed by atoms with Crippen LogP contribution in [-0.4, -0.2) is 50.6 Å². The number of piperidine rings is 1. The Bertz CT molecular complexity index is 513. The lowest BCUT2D eigenvalue weighted by atomic mass is 9.77. The lowest BCUT2D eigenvalue weighted by Crippen LogP contribution is -2.63. The summed E-state index contributed by atoms with van der Waals surface area (Å²) in [5, 5.41) is 0.267. The van der Waals surface area contributed by atoms with E-state index in [1.54, 1.807) is 0 Å². The third-order valence-electron chi connectivity index (χ3n) is 5.27. The van der Waals surface area contributed by atoms with Crippen molar-refractivity contribution >= 4 is 17.5 Å². The molecule has 0 aliphatic carbocycles. The summed E-state index contributed by atoms with van der Waals surface area (Å²) < 4.78 is 0. The minimum Gasteiger partial charge on any atom is -0.338 e. The van der Waals surface area contributed by atoms with Gasteiger partial charge in [0.2, 0.25) is 11.2 Å². The maximum atomic E-state index is 6.00. The predicted octanol–water partition coefficient (Wildman–Crippen LogP) is 3.78. The molecular formula is C17H30ClN5. The average molecular weight is 340 g/mol. The molecule has 1 aliphatic heterocycles. The Hall–Kier alpha value is -0.940. The molecule has 0 spiro atoms. The largest absolute Gasteiger partial charge is 0.338 e. The molecule has 0 atom stereocenters. The molecular weight excluding hydrogens is 310 g/mol. The van der Waals surface area contributed by atoms with Crippen molar-refractivity contribution in [3.8, 4) is 0 Å². The molecule has 1 aromatic rings. The molecule has 23 heavy (non-hydrogen) atoms. The van der Waals surface area contributed by atoms with Gasteiger partial charge < -0.3 is 4.90 Å². The van der Waals surface area contributed by atoms with E-state index in [9.17, 15) is 0 Å². The zero-order valence-electron chi connectivity index (χ0n) is 15.3. The molecule has 1 aliphatic rings. The molecule has 0 bridgehead atoms. The minimum absolute atomic E-state index is 0.133. The maximum absolute atomic E-state index is 6.00. The lowest BCUT2D eigenvalue weighted by molar-refractivity contribution is -0.0129. The number of hydrogen-bond donors (Lipinski definition) is 0. The van der Waals surface area contributed by atoms with Gasteiger partial charge in [0.1, 0.15) is 6.33 Å². The van der Waals surface area contributed by atoms with Gasteiger partial charge in [0, 0.05) is 23.7 Å². The van der Waals surface area contributed by atoms with Gasteiger partial charge in [0.25, 0.3) is 0 Å². The van der Waals surface area contributed by atoms with Crippen molar-refractivity contribution in [2.24, 2.45) is 0 Å². The zero-order chi connectivity index (χ0) is 17.3. The fourth-order valence-electron chi connectivity index (χ4n) is 3.72. The summed E-state index contributed by atoms with van der Waals surface area (Å²) in [6, 6.07) is 0.404. The van der Waals surface area contributed by atoms with Crippen molar-refractivity contribution in [3.05, 3.63) is 11.6 Å². The van der Waals surface area contributed by atoms with Crippen LogP contribution in [0.5, 0.6) is 0 Å². The molecule has 5 nitrogen and oxygen atoms in total. The highest BCUT2D eigenvalue weighted by molar-refractivity contribution is 6.28. The molecule has 1 saturated heterocycles. The first kappa shape index (κ1) is 18.4. The first-order valence-corrected chi connectivity index (χ1v) is 8.90. The van der Waals surface area contributed by atoms with Crippen LogP contribution >= 0.6 is 11.6 Å². The molecule has 6 heteroatoms. The Morgan fingerprint density at radius 1 is 1.22 bits per heavy atom. The van der Waals surface area contributed by atoms with E-state index in [0.29, 0.717) is 12.0 Å². The number of unbranched alkanes of at least 4 members (excludes halogenated alkanes) is 1. The van der Waals surface area contributed by atoms with Crippen molar-refractivity contribution in [1.29, 1.82) is 0 Å². The fourth-order valence-corrected chi connectivity index (χ4v) is 3.84. The quantitative estimate of drug-likeness (QED) is 0.816. The number of rotatable bonds is 5. The van der Waals surface area contributed by atoms with Crippen LogP contribution < -0.4 is 4.90 Å². The smallest absolute Gasteiger partial charge is 0.229 e. The van der Waals surface area contributed by atoms with Crippen molar-refractivity contribution in [2.75, 3.05) is 18.5 Å². The zero-order valence-corrected chi connectivity index (χ0v) is 16.1. The molecule has 1 fully saturated rings. The highest BCUT2D eigenvalue weighted by Crippen LogP contribution is 2.39. The van der Waals surface area contributed by atoms with Crippen molar-refractivity contribution in [3.63, 3.8) is 0 Å². The lowest BCUT2D eigenvalue weighted by Gasteiger charge is -2.55. The van der Waals surface area contributed by atoms with E-state index in [1.165, 1.54) is 6.33 Å². The number of hydrogen-bond acceptors (Lipinski definition) is 5. The first-order valence-electron chi connectivity index (χ1n) is 8.52. The predicted molar refractivity (Wildman–Crippen MR) is 96.0 cm³/mol. The molecule has 130 valence electrons. The Labute approximate surface area is 145 Å². The Morgan fingerprint density at radius 3 is 2.35 bits per heavy atom. The summed E-state index contributed by atoms with van der Waals surface area (Å²) in [6.07, 6.45) is 5.94. The Morgan fingerprint density at radius 2 is 1.83 bits per heavy atom. The second-order valence-corrected chi connectivity index (χ2v) is 8.19. The molecule has 0 aromatic carbocycles. The van der Waals surface area contributed by atoms with Crippen molar-refractivity contribution < 1.29 is 0 Å². The summed E-state index contributed by atoms with van der Waals surface area (Å²) in [6.45, 7) is 12.4. The summed E-state index contributed by atoms with van der Waals surface area (Å²) in [5.41, 5.74) is 0.265. The van der Waals surface area contributed by atoms with E-state index in [4.69, 9.17) is 11.6 Å². The molecule has 2 rings (SSSR count). The van der Waals surface area contributed by atoms with Crippen LogP contribution in [0.15, 0.2) is 6.33 Å². The summed E-state index contributed by atoms with van der Waals surface area (Å²) >= 11 is 6.00. The summed E-state index contributed by atoms with van der Waals surface area (Å²) in [5.74, 6) is 0.708. The van der Waals surface area contributed by atoms with E-state index in [-0.39, 0.29) is 16.4 Å². The van der Waals surface area contributed by atoms with Gasteiger partial charge in [-0.1, -0.05) is 13.3 Å². The van der Waals surface area contributed by atoms with E-state index in [2.05, 4.69) is 66.4 Å². The first-order chi connectivity index (χ1) is 10.7. The SMILES string of the molecule is CCCCN(c1ncnc(Cl)n1)C1CC(C)(C)N(C)C(C)(C)C1. The van der Waals surface area contributed by atoms with Crippen LogP contribution in [0.25, 0.3) is 0 Å². The Kier molecular flexibility index (Phi) is 5.52. The topological polar surface area (TPSA) is 45.2 Å². The van der Waals surface area contributed by atoms with Gasteiger partial charge in [-0.2, -0.15) is 4.98 Å². The standard InChI is InChI=1S/C17H30ClN5/c1-7-8-9-23(15-20-12-19-14(18)21-15)13-10-16(2,3)22(6)17(4,5)11-13/h12-13H,7-11H2,1-6H3. The van der Waals surface area contributed by atoms with E-state index < -0.39 is 0 Å². The number of likely N-dealkylation sites (tertiary alicyclic amines) is 1. The van der Waals surface area contributed by atoms with Crippen molar-refractivity contribution in [2.45, 2.75) is 77.4 Å². The summed E-state index contributed by atoms with van der Waals surface area (Å²) in [4.78, 5) is 17.5. The number of nitrogens with zero attached hydrogens (tertiary/aromatic N) is 5. The second kappa shape index (κ2) is 6.89. The van der Waals surface area contributed by atoms with Gasteiger partial charge in [0.05, 0.1) is 0 Å². The highest BCUT2D eigenvalue weighted by atomic mass is 35.5. The number of anilines is 1. The molecule has 0 saturated carbocycles. The molecule has 0 N–H and O–H groups in total. The van der Waals surface area contributed by atoms with Gasteiger partial charge in [-0.05, 0) is 65.6 Å². The van der Waals surface area contributed by atoms with E-state index >= 15 is 0 Å². The normalized spacial score (nSPS) is 21.3. The molecule has 0 amide bonds. The maximum Gasteiger partial charge on any atom is 0.229 e. The highest BCUT2D eigenvalue weighted by Gasteiger charge is 2.45. The van der Waals surface area contributed by atoms with Gasteiger partial charge in [-0.3, -0.25) is 4.90 Å². The fraction of sp³-hybridized carbons (Fsp3) is 0.824. The molecule has 0 unspecified atom stereocenters. The van der Waals surface area contributed by atoms with Gasteiger partial charge in [-0.15, -0.1) is 0 Å². The molecule has 1 aromatic heterocycles. The second-order valence-electron chi connectivity index (χ2n) is 7.85. The molecule has 2 heterocycles. The number of aromatic nitrogens is 3. The van der Waals surface area contributed by atoms with Crippen LogP contribution in [0.4, 0.5) is 5.95 Å². The monoisotopic (exact) mass is 339 g/mol. The van der Waals surface area contributed by atoms with Gasteiger partial charge >= 0.3 is 0 Å². The van der Waals surface area contributed by atoms with Crippen LogP contribution in [0.1, 0.15) is 60.3 Å². The number of halogens is 1. The summed E-state index contributed by atoms with van der Waals surface area (Å²) in [7, 11) is 2.23. The molecule has 0 radical (unpaired) electrons. The average Bonchev–Trinajstić information content (AvgIpc) is 2.45. The van der Waals surface area contributed by atoms with Crippen LogP contribution in [0, 0.1) is 0 Å². The van der Waals surface area contributed by atoms with Crippen LogP contribution in [-0.2, 0) is 0 Å². The van der Waals surface area contributed by atoms with E-state index in [0.717, 1.165) is 32.2 Å². The van der Waals surface area contributed by atoms with Crippen molar-refractivity contribution in [1.82, 2.24) is 19.9 Å². The third kappa shape index (κ3) is 4.13. The van der Waals surface area contributed by atoms with E-state index in [1.807, 2.05) is 0 Å². The van der Waals surface area contributed by atoms with Crippen LogP contribution in [0.3, 0.4) is 0 Å². The van der Waals surface area contributed by atoms with Gasteiger partial charge in [0.15, 0.2) is 0 Å². The van der Waals surface area contributed by atoms with Gasteiger partial charge in [-0.25, -0.2) is 9.97 Å². The Balaban J connectivity index is 2.32. The third-order valence-corrected chi connectivity index (χ3v) is 5.45. The minimum atomic E-state index is 0.133.